The van der Waals surface area contributed by atoms with Crippen molar-refractivity contribution in [3.8, 4) is 0 Å². The molecular weight excluding hydrogens is 464 g/mol. The van der Waals surface area contributed by atoms with Crippen LogP contribution in [0.4, 0.5) is 5.82 Å². The fourth-order valence-corrected chi connectivity index (χ4v) is 5.71. The molecule has 4 heterocycles. The van der Waals surface area contributed by atoms with E-state index >= 15 is 0 Å². The van der Waals surface area contributed by atoms with Crippen LogP contribution < -0.4 is 10.2 Å². The molecular formula is C22H28N4O7S. The highest BCUT2D eigenvalue weighted by molar-refractivity contribution is 7.89. The molecule has 0 spiro atoms. The van der Waals surface area contributed by atoms with Gasteiger partial charge in [0.1, 0.15) is 10.7 Å². The summed E-state index contributed by atoms with van der Waals surface area (Å²) < 4.78 is 43.6. The Morgan fingerprint density at radius 2 is 1.88 bits per heavy atom. The number of sulfonamides is 1. The molecule has 0 aliphatic carbocycles. The number of aromatic nitrogens is 1. The van der Waals surface area contributed by atoms with E-state index in [0.717, 1.165) is 5.56 Å². The lowest BCUT2D eigenvalue weighted by Crippen LogP contribution is -2.46. The maximum absolute atomic E-state index is 13.5. The Morgan fingerprint density at radius 1 is 1.18 bits per heavy atom. The third-order valence-electron chi connectivity index (χ3n) is 6.04. The molecule has 0 saturated carbocycles. The topological polar surface area (TPSA) is 131 Å². The van der Waals surface area contributed by atoms with Crippen LogP contribution in [0, 0.1) is 6.92 Å². The number of aryl methyl sites for hydroxylation is 1. The van der Waals surface area contributed by atoms with Crippen molar-refractivity contribution in [1.82, 2.24) is 14.6 Å². The summed E-state index contributed by atoms with van der Waals surface area (Å²) in [6.45, 7) is 3.84. The van der Waals surface area contributed by atoms with E-state index in [1.165, 1.54) is 29.9 Å². The molecule has 0 radical (unpaired) electrons. The summed E-state index contributed by atoms with van der Waals surface area (Å²) in [7, 11) is -2.68. The Morgan fingerprint density at radius 3 is 2.50 bits per heavy atom. The highest BCUT2D eigenvalue weighted by Gasteiger charge is 2.33. The Hall–Kier alpha value is -2.96. The molecule has 12 heteroatoms. The maximum Gasteiger partial charge on any atom is 0.339 e. The van der Waals surface area contributed by atoms with Gasteiger partial charge in [-0.25, -0.2) is 18.2 Å². The predicted molar refractivity (Wildman–Crippen MR) is 121 cm³/mol. The van der Waals surface area contributed by atoms with E-state index < -0.39 is 16.0 Å². The largest absolute Gasteiger partial charge is 0.465 e. The van der Waals surface area contributed by atoms with Crippen molar-refractivity contribution in [2.75, 3.05) is 51.4 Å². The molecule has 2 aromatic rings. The van der Waals surface area contributed by atoms with Crippen LogP contribution in [0.1, 0.15) is 39.3 Å². The van der Waals surface area contributed by atoms with Crippen molar-refractivity contribution in [3.05, 3.63) is 41.5 Å². The highest BCUT2D eigenvalue weighted by Crippen LogP contribution is 2.30. The van der Waals surface area contributed by atoms with Crippen LogP contribution in [0.15, 0.2) is 33.9 Å². The molecule has 0 bridgehead atoms. The molecule has 11 nitrogen and oxygen atoms in total. The molecule has 1 N–H and O–H groups in total. The summed E-state index contributed by atoms with van der Waals surface area (Å²) in [5.74, 6) is -0.351. The van der Waals surface area contributed by atoms with Gasteiger partial charge >= 0.3 is 5.97 Å². The van der Waals surface area contributed by atoms with Crippen LogP contribution in [-0.4, -0.2) is 82.1 Å². The van der Waals surface area contributed by atoms with Crippen molar-refractivity contribution < 1.29 is 31.9 Å². The standard InChI is InChI=1S/C22H28N4O7S/c1-15-5-10-33-19(15)21(27)24-17-3-6-25(7-4-17)20-18(13-16(14-23-20)22(28)31-2)34(29,30)26-8-11-32-12-9-26/h5,10,13-14,17H,3-4,6-9,11-12H2,1-2H3,(H,24,27). The number of amides is 1. The van der Waals surface area contributed by atoms with E-state index in [2.05, 4.69) is 10.3 Å². The second kappa shape index (κ2) is 10.1. The number of pyridine rings is 1. The van der Waals surface area contributed by atoms with Crippen molar-refractivity contribution in [3.63, 3.8) is 0 Å². The molecule has 0 atom stereocenters. The number of furan rings is 1. The fraction of sp³-hybridized carbons (Fsp3) is 0.500. The van der Waals surface area contributed by atoms with Gasteiger partial charge in [-0.2, -0.15) is 4.31 Å². The minimum Gasteiger partial charge on any atom is -0.465 e. The number of carbonyl (C=O) groups is 2. The quantitative estimate of drug-likeness (QED) is 0.591. The summed E-state index contributed by atoms with van der Waals surface area (Å²) in [5.41, 5.74) is 0.830. The van der Waals surface area contributed by atoms with Crippen LogP contribution in [0.5, 0.6) is 0 Å². The monoisotopic (exact) mass is 492 g/mol. The normalized spacial score (nSPS) is 18.0. The molecule has 4 rings (SSSR count). The number of hydrogen-bond acceptors (Lipinski definition) is 9. The van der Waals surface area contributed by atoms with Crippen LogP contribution in [0.3, 0.4) is 0 Å². The van der Waals surface area contributed by atoms with Gasteiger partial charge in [-0.05, 0) is 31.9 Å². The SMILES string of the molecule is COC(=O)c1cnc(N2CCC(NC(=O)c3occc3C)CC2)c(S(=O)(=O)N2CCOCC2)c1. The number of hydrogen-bond donors (Lipinski definition) is 1. The lowest BCUT2D eigenvalue weighted by atomic mass is 10.0. The summed E-state index contributed by atoms with van der Waals surface area (Å²) in [6.07, 6.45) is 4.01. The number of esters is 1. The van der Waals surface area contributed by atoms with Crippen molar-refractivity contribution in [2.24, 2.45) is 0 Å². The summed E-state index contributed by atoms with van der Waals surface area (Å²) in [6, 6.07) is 2.98. The molecule has 2 saturated heterocycles. The van der Waals surface area contributed by atoms with Gasteiger partial charge in [0.15, 0.2) is 5.76 Å². The first-order chi connectivity index (χ1) is 16.3. The van der Waals surface area contributed by atoms with Crippen LogP contribution in [0.25, 0.3) is 0 Å². The Bertz CT molecular complexity index is 1150. The lowest BCUT2D eigenvalue weighted by Gasteiger charge is -2.35. The zero-order valence-electron chi connectivity index (χ0n) is 19.2. The molecule has 2 aliphatic rings. The smallest absolute Gasteiger partial charge is 0.339 e. The van der Waals surface area contributed by atoms with E-state index in [1.807, 2.05) is 4.90 Å². The van der Waals surface area contributed by atoms with E-state index in [-0.39, 0.29) is 41.3 Å². The van der Waals surface area contributed by atoms with E-state index in [0.29, 0.717) is 44.9 Å². The third kappa shape index (κ3) is 4.93. The summed E-state index contributed by atoms with van der Waals surface area (Å²) >= 11 is 0. The molecule has 0 unspecified atom stereocenters. The van der Waals surface area contributed by atoms with E-state index in [4.69, 9.17) is 13.9 Å². The fourth-order valence-electron chi connectivity index (χ4n) is 4.11. The number of anilines is 1. The second-order valence-corrected chi connectivity index (χ2v) is 10.1. The molecule has 0 aromatic carbocycles. The summed E-state index contributed by atoms with van der Waals surface area (Å²) in [5, 5.41) is 2.98. The first-order valence-corrected chi connectivity index (χ1v) is 12.5. The number of carbonyl (C=O) groups excluding carboxylic acids is 2. The van der Waals surface area contributed by atoms with Gasteiger partial charge in [0.2, 0.25) is 10.0 Å². The van der Waals surface area contributed by atoms with Gasteiger partial charge < -0.3 is 24.1 Å². The van der Waals surface area contributed by atoms with Gasteiger partial charge in [-0.1, -0.05) is 0 Å². The number of rotatable bonds is 6. The zero-order valence-corrected chi connectivity index (χ0v) is 20.0. The number of nitrogens with zero attached hydrogens (tertiary/aromatic N) is 3. The third-order valence-corrected chi connectivity index (χ3v) is 7.94. The van der Waals surface area contributed by atoms with Crippen molar-refractivity contribution >= 4 is 27.7 Å². The Kier molecular flexibility index (Phi) is 7.19. The Labute approximate surface area is 198 Å². The highest BCUT2D eigenvalue weighted by atomic mass is 32.2. The lowest BCUT2D eigenvalue weighted by molar-refractivity contribution is 0.0599. The first kappa shape index (κ1) is 24.2. The van der Waals surface area contributed by atoms with Crippen LogP contribution >= 0.6 is 0 Å². The molecule has 184 valence electrons. The molecule has 2 fully saturated rings. The van der Waals surface area contributed by atoms with Gasteiger partial charge in [-0.3, -0.25) is 4.79 Å². The Balaban J connectivity index is 1.54. The van der Waals surface area contributed by atoms with E-state index in [9.17, 15) is 18.0 Å². The van der Waals surface area contributed by atoms with Crippen molar-refractivity contribution in [1.29, 1.82) is 0 Å². The first-order valence-electron chi connectivity index (χ1n) is 11.1. The number of nitrogens with one attached hydrogen (secondary N) is 1. The molecule has 2 aliphatic heterocycles. The predicted octanol–water partition coefficient (Wildman–Crippen LogP) is 1.19. The van der Waals surface area contributed by atoms with Gasteiger partial charge in [0.25, 0.3) is 5.91 Å². The summed E-state index contributed by atoms with van der Waals surface area (Å²) in [4.78, 5) is 30.7. The number of ether oxygens (including phenoxy) is 2. The van der Waals surface area contributed by atoms with Gasteiger partial charge in [0, 0.05) is 44.0 Å². The minimum absolute atomic E-state index is 0.0361. The average Bonchev–Trinajstić information content (AvgIpc) is 3.30. The van der Waals surface area contributed by atoms with Gasteiger partial charge in [0.05, 0.1) is 32.2 Å². The molecule has 34 heavy (non-hydrogen) atoms. The molecule has 1 amide bonds. The van der Waals surface area contributed by atoms with Crippen LogP contribution in [-0.2, 0) is 19.5 Å². The second-order valence-electron chi connectivity index (χ2n) is 8.22. The number of piperidine rings is 1. The maximum atomic E-state index is 13.5. The van der Waals surface area contributed by atoms with Gasteiger partial charge in [-0.15, -0.1) is 0 Å². The van der Waals surface area contributed by atoms with Crippen molar-refractivity contribution in [2.45, 2.75) is 30.7 Å². The zero-order chi connectivity index (χ0) is 24.3. The minimum atomic E-state index is -3.91. The molecule has 2 aromatic heterocycles. The van der Waals surface area contributed by atoms with E-state index in [1.54, 1.807) is 13.0 Å². The average molecular weight is 493 g/mol. The number of morpholine rings is 1. The number of methoxy groups -OCH3 is 1. The van der Waals surface area contributed by atoms with Crippen LogP contribution in [0.2, 0.25) is 0 Å².